The Kier molecular flexibility index (Phi) is 8.08. The van der Waals surface area contributed by atoms with E-state index in [1.807, 2.05) is 20.9 Å². The van der Waals surface area contributed by atoms with E-state index in [9.17, 15) is 0 Å². The van der Waals surface area contributed by atoms with E-state index in [2.05, 4.69) is 17.7 Å². The van der Waals surface area contributed by atoms with Gasteiger partial charge in [-0.3, -0.25) is 4.84 Å². The molecule has 0 saturated carbocycles. The van der Waals surface area contributed by atoms with Crippen molar-refractivity contribution >= 4 is 0 Å². The fourth-order valence-corrected chi connectivity index (χ4v) is 1.05. The lowest BCUT2D eigenvalue weighted by Gasteiger charge is -2.21. The van der Waals surface area contributed by atoms with Crippen molar-refractivity contribution < 1.29 is 9.94 Å². The van der Waals surface area contributed by atoms with Gasteiger partial charge in [0.1, 0.15) is 0 Å². The number of aliphatic hydroxyl groups excluding tert-OH is 1. The Bertz CT molecular complexity index is 127. The summed E-state index contributed by atoms with van der Waals surface area (Å²) >= 11 is 0. The van der Waals surface area contributed by atoms with E-state index in [1.165, 1.54) is 0 Å². The van der Waals surface area contributed by atoms with Gasteiger partial charge in [0, 0.05) is 6.04 Å². The molecule has 0 spiro atoms. The number of likely N-dealkylation sites (N-methyl/N-ethyl adjacent to an activating group) is 1. The fraction of sp³-hybridized carbons (Fsp3) is 1.00. The van der Waals surface area contributed by atoms with Gasteiger partial charge in [-0.05, 0) is 19.4 Å². The molecule has 2 atom stereocenters. The van der Waals surface area contributed by atoms with Crippen molar-refractivity contribution in [2.45, 2.75) is 39.3 Å². The van der Waals surface area contributed by atoms with Crippen LogP contribution in [-0.2, 0) is 4.84 Å². The second-order valence-corrected chi connectivity index (χ2v) is 3.86. The molecule has 0 rings (SSSR count). The van der Waals surface area contributed by atoms with Gasteiger partial charge >= 0.3 is 0 Å². The number of nitrogens with one attached hydrogen (secondary N) is 2. The predicted octanol–water partition coefficient (Wildman–Crippen LogP) is 0.522. The minimum absolute atomic E-state index is 0.0179. The van der Waals surface area contributed by atoms with E-state index in [0.29, 0.717) is 18.6 Å². The van der Waals surface area contributed by atoms with Crippen LogP contribution in [0.25, 0.3) is 0 Å². The van der Waals surface area contributed by atoms with Gasteiger partial charge in [-0.15, -0.1) is 0 Å². The molecular formula is C10H24N2O2. The highest BCUT2D eigenvalue weighted by molar-refractivity contribution is 4.65. The first-order valence-corrected chi connectivity index (χ1v) is 5.31. The van der Waals surface area contributed by atoms with Crippen LogP contribution in [0, 0.1) is 5.92 Å². The second-order valence-electron chi connectivity index (χ2n) is 3.86. The molecule has 4 nitrogen and oxygen atoms in total. The van der Waals surface area contributed by atoms with Crippen LogP contribution in [0.1, 0.15) is 27.2 Å². The van der Waals surface area contributed by atoms with E-state index in [4.69, 9.17) is 9.94 Å². The summed E-state index contributed by atoms with van der Waals surface area (Å²) in [6, 6.07) is 0.387. The lowest BCUT2D eigenvalue weighted by Crippen LogP contribution is -2.40. The fourth-order valence-electron chi connectivity index (χ4n) is 1.05. The molecule has 0 aliphatic rings. The van der Waals surface area contributed by atoms with Crippen LogP contribution in [0.2, 0.25) is 0 Å². The second kappa shape index (κ2) is 8.17. The molecule has 0 aromatic carbocycles. The van der Waals surface area contributed by atoms with Crippen molar-refractivity contribution in [2.75, 3.05) is 20.3 Å². The van der Waals surface area contributed by atoms with Crippen molar-refractivity contribution in [3.63, 3.8) is 0 Å². The smallest absolute Gasteiger partial charge is 0.0835 e. The van der Waals surface area contributed by atoms with E-state index in [1.54, 1.807) is 0 Å². The third-order valence-electron chi connectivity index (χ3n) is 2.42. The number of hydroxylamine groups is 1. The zero-order valence-corrected chi connectivity index (χ0v) is 9.71. The van der Waals surface area contributed by atoms with Crippen LogP contribution in [0.3, 0.4) is 0 Å². The summed E-state index contributed by atoms with van der Waals surface area (Å²) in [5, 5.41) is 12.2. The van der Waals surface area contributed by atoms with Gasteiger partial charge in [0.25, 0.3) is 0 Å². The highest BCUT2D eigenvalue weighted by Crippen LogP contribution is 2.00. The summed E-state index contributed by atoms with van der Waals surface area (Å²) in [4.78, 5) is 5.32. The van der Waals surface area contributed by atoms with Crippen LogP contribution in [0.5, 0.6) is 0 Å². The standard InChI is InChI=1S/C10H24N2O2/c1-5-9(11-4)7-14-12-10(6-13)8(2)3/h8-13H,5-7H2,1-4H3. The number of hydrogen-bond acceptors (Lipinski definition) is 4. The highest BCUT2D eigenvalue weighted by Gasteiger charge is 2.12. The lowest BCUT2D eigenvalue weighted by molar-refractivity contribution is -0.0200. The van der Waals surface area contributed by atoms with E-state index < -0.39 is 0 Å². The molecule has 4 heteroatoms. The van der Waals surface area contributed by atoms with Crippen molar-refractivity contribution in [1.82, 2.24) is 10.8 Å². The Morgan fingerprint density at radius 3 is 2.36 bits per heavy atom. The zero-order chi connectivity index (χ0) is 11.0. The molecule has 2 unspecified atom stereocenters. The summed E-state index contributed by atoms with van der Waals surface area (Å²) in [5.41, 5.74) is 2.88. The molecule has 0 bridgehead atoms. The SMILES string of the molecule is CCC(CONC(CO)C(C)C)NC. The third kappa shape index (κ3) is 5.54. The van der Waals surface area contributed by atoms with Crippen LogP contribution in [0.4, 0.5) is 0 Å². The maximum Gasteiger partial charge on any atom is 0.0835 e. The summed E-state index contributed by atoms with van der Waals surface area (Å²) in [6.45, 7) is 6.93. The summed E-state index contributed by atoms with van der Waals surface area (Å²) in [7, 11) is 1.92. The van der Waals surface area contributed by atoms with Gasteiger partial charge in [0.2, 0.25) is 0 Å². The topological polar surface area (TPSA) is 53.5 Å². The van der Waals surface area contributed by atoms with E-state index in [0.717, 1.165) is 6.42 Å². The lowest BCUT2D eigenvalue weighted by atomic mass is 10.1. The van der Waals surface area contributed by atoms with Gasteiger partial charge in [-0.1, -0.05) is 20.8 Å². The monoisotopic (exact) mass is 204 g/mol. The van der Waals surface area contributed by atoms with Gasteiger partial charge < -0.3 is 10.4 Å². The van der Waals surface area contributed by atoms with Gasteiger partial charge in [0.15, 0.2) is 0 Å². The van der Waals surface area contributed by atoms with Crippen LogP contribution in [0.15, 0.2) is 0 Å². The van der Waals surface area contributed by atoms with Gasteiger partial charge in [0.05, 0.1) is 19.3 Å². The average Bonchev–Trinajstić information content (AvgIpc) is 2.18. The van der Waals surface area contributed by atoms with E-state index in [-0.39, 0.29) is 12.6 Å². The molecule has 3 N–H and O–H groups in total. The third-order valence-corrected chi connectivity index (χ3v) is 2.42. The number of rotatable bonds is 8. The predicted molar refractivity (Wildman–Crippen MR) is 57.9 cm³/mol. The first-order valence-electron chi connectivity index (χ1n) is 5.31. The molecule has 0 amide bonds. The van der Waals surface area contributed by atoms with Crippen LogP contribution in [-0.4, -0.2) is 37.5 Å². The molecule has 0 saturated heterocycles. The maximum atomic E-state index is 9.02. The molecule has 0 aliphatic heterocycles. The highest BCUT2D eigenvalue weighted by atomic mass is 16.6. The molecule has 14 heavy (non-hydrogen) atoms. The zero-order valence-electron chi connectivity index (χ0n) is 9.71. The summed E-state index contributed by atoms with van der Waals surface area (Å²) in [5.74, 6) is 0.370. The quantitative estimate of drug-likeness (QED) is 0.505. The first-order chi connectivity index (χ1) is 6.65. The van der Waals surface area contributed by atoms with Crippen LogP contribution < -0.4 is 10.8 Å². The number of hydrogen-bond donors (Lipinski definition) is 3. The summed E-state index contributed by atoms with van der Waals surface area (Å²) in [6.07, 6.45) is 1.03. The van der Waals surface area contributed by atoms with Crippen molar-refractivity contribution in [1.29, 1.82) is 0 Å². The molecule has 86 valence electrons. The Morgan fingerprint density at radius 1 is 1.36 bits per heavy atom. The number of aliphatic hydroxyl groups is 1. The normalized spacial score (nSPS) is 15.9. The molecule has 0 heterocycles. The minimum atomic E-state index is 0.0179. The van der Waals surface area contributed by atoms with E-state index >= 15 is 0 Å². The van der Waals surface area contributed by atoms with Crippen LogP contribution >= 0.6 is 0 Å². The van der Waals surface area contributed by atoms with Crippen molar-refractivity contribution in [3.8, 4) is 0 Å². The molecule has 0 fully saturated rings. The van der Waals surface area contributed by atoms with Crippen molar-refractivity contribution in [2.24, 2.45) is 5.92 Å². The Labute approximate surface area is 87.0 Å². The molecule has 0 aliphatic carbocycles. The minimum Gasteiger partial charge on any atom is -0.395 e. The molecular weight excluding hydrogens is 180 g/mol. The first kappa shape index (κ1) is 13.8. The maximum absolute atomic E-state index is 9.02. The molecule has 0 aromatic rings. The Balaban J connectivity index is 3.59. The molecule has 0 radical (unpaired) electrons. The van der Waals surface area contributed by atoms with Crippen molar-refractivity contribution in [3.05, 3.63) is 0 Å². The summed E-state index contributed by atoms with van der Waals surface area (Å²) < 4.78 is 0. The average molecular weight is 204 g/mol. The largest absolute Gasteiger partial charge is 0.395 e. The Morgan fingerprint density at radius 2 is 2.00 bits per heavy atom. The van der Waals surface area contributed by atoms with Gasteiger partial charge in [-0.25, -0.2) is 0 Å². The molecule has 0 aromatic heterocycles. The van der Waals surface area contributed by atoms with Gasteiger partial charge in [-0.2, -0.15) is 5.48 Å². The Hall–Kier alpha value is -0.160.